The quantitative estimate of drug-likeness (QED) is 0.310. The van der Waals surface area contributed by atoms with Gasteiger partial charge in [-0.15, -0.1) is 0 Å². The zero-order valence-corrected chi connectivity index (χ0v) is 13.4. The summed E-state index contributed by atoms with van der Waals surface area (Å²) in [6.45, 7) is 11.8. The lowest BCUT2D eigenvalue weighted by Crippen LogP contribution is -2.28. The van der Waals surface area contributed by atoms with Gasteiger partial charge in [0.1, 0.15) is 0 Å². The molecular formula is C10H22O3Si2. The Balaban J connectivity index is 4.05. The van der Waals surface area contributed by atoms with E-state index in [1.54, 1.807) is 0 Å². The normalized spacial score (nSPS) is 13.6. The molecule has 0 aliphatic carbocycles. The van der Waals surface area contributed by atoms with E-state index in [-0.39, 0.29) is 0 Å². The van der Waals surface area contributed by atoms with Gasteiger partial charge in [0, 0.05) is 15.8 Å². The third-order valence-corrected chi connectivity index (χ3v) is 3.80. The van der Waals surface area contributed by atoms with Gasteiger partial charge in [-0.25, -0.2) is 9.37 Å². The Morgan fingerprint density at radius 2 is 2.00 bits per heavy atom. The van der Waals surface area contributed by atoms with E-state index < -0.39 is 14.3 Å². The Hall–Kier alpha value is -0.396. The molecule has 5 heteroatoms. The highest BCUT2D eigenvalue weighted by Gasteiger charge is 2.22. The van der Waals surface area contributed by atoms with E-state index >= 15 is 0 Å². The van der Waals surface area contributed by atoms with Crippen LogP contribution in [0.25, 0.3) is 0 Å². The average Bonchev–Trinajstić information content (AvgIpc) is 2.12. The van der Waals surface area contributed by atoms with Crippen LogP contribution in [0, 0.1) is 0 Å². The molecule has 0 aromatic rings. The number of carbonyl (C=O) groups excluding carboxylic acids is 1. The fraction of sp³-hybridized carbons (Fsp3) is 0.700. The lowest BCUT2D eigenvalue weighted by molar-refractivity contribution is -0.214. The molecule has 0 aliphatic rings. The van der Waals surface area contributed by atoms with Gasteiger partial charge in [0.2, 0.25) is 8.32 Å². The second-order valence-corrected chi connectivity index (χ2v) is 10.6. The molecule has 88 valence electrons. The van der Waals surface area contributed by atoms with Crippen molar-refractivity contribution >= 4 is 24.5 Å². The molecule has 0 saturated heterocycles. The van der Waals surface area contributed by atoms with Crippen LogP contribution in [0.5, 0.6) is 0 Å². The first-order valence-corrected chi connectivity index (χ1v) is 9.93. The maximum atomic E-state index is 11.5. The second kappa shape index (κ2) is 6.24. The third kappa shape index (κ3) is 6.64. The molecule has 0 aromatic carbocycles. The molecule has 15 heavy (non-hydrogen) atoms. The van der Waals surface area contributed by atoms with Crippen molar-refractivity contribution in [2.45, 2.75) is 44.9 Å². The van der Waals surface area contributed by atoms with Crippen molar-refractivity contribution in [3.63, 3.8) is 0 Å². The minimum absolute atomic E-state index is 0.299. The fourth-order valence-electron chi connectivity index (χ4n) is 1.02. The van der Waals surface area contributed by atoms with Gasteiger partial charge in [0.25, 0.3) is 0 Å². The molecule has 1 atom stereocenters. The Kier molecular flexibility index (Phi) is 6.08. The second-order valence-electron chi connectivity index (χ2n) is 4.78. The van der Waals surface area contributed by atoms with Crippen molar-refractivity contribution in [3.8, 4) is 0 Å². The predicted octanol–water partition coefficient (Wildman–Crippen LogP) is 1.81. The zero-order chi connectivity index (χ0) is 12.1. The standard InChI is InChI=1S/C10H22O3Si2/c1-6-7-9(14)8(2)10(11)12-13-15(3,4)5/h9H,2,6-7H2,1,3-5,14H3. The van der Waals surface area contributed by atoms with E-state index in [2.05, 4.69) is 13.5 Å². The van der Waals surface area contributed by atoms with Crippen LogP contribution in [-0.4, -0.2) is 24.5 Å². The first-order chi connectivity index (χ1) is 6.78. The summed E-state index contributed by atoms with van der Waals surface area (Å²) in [7, 11) is -0.860. The van der Waals surface area contributed by atoms with Crippen molar-refractivity contribution in [1.29, 1.82) is 0 Å². The first kappa shape index (κ1) is 14.6. The lowest BCUT2D eigenvalue weighted by Gasteiger charge is -2.17. The molecule has 0 amide bonds. The summed E-state index contributed by atoms with van der Waals surface area (Å²) in [4.78, 5) is 16.3. The van der Waals surface area contributed by atoms with Gasteiger partial charge in [0.05, 0.1) is 0 Å². The van der Waals surface area contributed by atoms with Crippen molar-refractivity contribution in [2.24, 2.45) is 0 Å². The van der Waals surface area contributed by atoms with Crippen LogP contribution in [0.1, 0.15) is 19.8 Å². The smallest absolute Gasteiger partial charge is 0.305 e. The Morgan fingerprint density at radius 3 is 2.40 bits per heavy atom. The van der Waals surface area contributed by atoms with Crippen molar-refractivity contribution in [1.82, 2.24) is 0 Å². The van der Waals surface area contributed by atoms with E-state index in [4.69, 9.17) is 9.46 Å². The van der Waals surface area contributed by atoms with Crippen molar-refractivity contribution < 1.29 is 14.3 Å². The summed E-state index contributed by atoms with van der Waals surface area (Å²) in [5, 5.41) is 0. The highest BCUT2D eigenvalue weighted by molar-refractivity contribution is 6.69. The van der Waals surface area contributed by atoms with Gasteiger partial charge in [0.15, 0.2) is 0 Å². The van der Waals surface area contributed by atoms with Crippen LogP contribution in [0.2, 0.25) is 25.2 Å². The van der Waals surface area contributed by atoms with Crippen LogP contribution in [0.3, 0.4) is 0 Å². The molecule has 1 unspecified atom stereocenters. The molecule has 0 rings (SSSR count). The minimum Gasteiger partial charge on any atom is -0.305 e. The highest BCUT2D eigenvalue weighted by Crippen LogP contribution is 2.19. The average molecular weight is 246 g/mol. The number of carbonyl (C=O) groups is 1. The zero-order valence-electron chi connectivity index (χ0n) is 10.4. The molecule has 0 N–H and O–H groups in total. The molecule has 3 nitrogen and oxygen atoms in total. The largest absolute Gasteiger partial charge is 0.367 e. The maximum Gasteiger partial charge on any atom is 0.367 e. The van der Waals surface area contributed by atoms with E-state index in [0.717, 1.165) is 23.1 Å². The molecular weight excluding hydrogens is 224 g/mol. The summed E-state index contributed by atoms with van der Waals surface area (Å²) in [6.07, 6.45) is 2.07. The highest BCUT2D eigenvalue weighted by atomic mass is 28.4. The lowest BCUT2D eigenvalue weighted by atomic mass is 10.1. The van der Waals surface area contributed by atoms with Gasteiger partial charge in [-0.3, -0.25) is 0 Å². The molecule has 0 aromatic heterocycles. The SMILES string of the molecule is C=C(C(=O)OO[Si](C)(C)C)C([SiH3])CCC. The molecule has 0 bridgehead atoms. The maximum absolute atomic E-state index is 11.5. The van der Waals surface area contributed by atoms with E-state index in [1.807, 2.05) is 19.6 Å². The molecule has 0 aliphatic heterocycles. The van der Waals surface area contributed by atoms with Crippen LogP contribution < -0.4 is 0 Å². The summed E-state index contributed by atoms with van der Waals surface area (Å²) in [5.74, 6) is -0.397. The summed E-state index contributed by atoms with van der Waals surface area (Å²) >= 11 is 0. The number of hydrogen-bond acceptors (Lipinski definition) is 3. The van der Waals surface area contributed by atoms with E-state index in [0.29, 0.717) is 11.1 Å². The topological polar surface area (TPSA) is 35.5 Å². The third-order valence-electron chi connectivity index (χ3n) is 1.95. The summed E-state index contributed by atoms with van der Waals surface area (Å²) in [5.41, 5.74) is 0.856. The number of rotatable bonds is 6. The molecule has 0 spiro atoms. The molecule has 0 heterocycles. The summed E-state index contributed by atoms with van der Waals surface area (Å²) in [6, 6.07) is 0. The van der Waals surface area contributed by atoms with Gasteiger partial charge in [-0.1, -0.05) is 19.9 Å². The van der Waals surface area contributed by atoms with Crippen LogP contribution >= 0.6 is 0 Å². The van der Waals surface area contributed by atoms with Gasteiger partial charge in [-0.05, 0) is 31.6 Å². The van der Waals surface area contributed by atoms with E-state index in [1.165, 1.54) is 0 Å². The van der Waals surface area contributed by atoms with Gasteiger partial charge in [-0.2, -0.15) is 0 Å². The fourth-order valence-corrected chi connectivity index (χ4v) is 2.16. The molecule has 0 fully saturated rings. The van der Waals surface area contributed by atoms with Crippen molar-refractivity contribution in [2.75, 3.05) is 0 Å². The van der Waals surface area contributed by atoms with Gasteiger partial charge < -0.3 is 4.89 Å². The molecule has 0 radical (unpaired) electrons. The van der Waals surface area contributed by atoms with E-state index in [9.17, 15) is 4.79 Å². The monoisotopic (exact) mass is 246 g/mol. The number of hydrogen-bond donors (Lipinski definition) is 0. The predicted molar refractivity (Wildman–Crippen MR) is 68.3 cm³/mol. The van der Waals surface area contributed by atoms with Gasteiger partial charge >= 0.3 is 5.97 Å². The Morgan fingerprint density at radius 1 is 1.47 bits per heavy atom. The molecule has 0 saturated carbocycles. The Labute approximate surface area is 96.3 Å². The van der Waals surface area contributed by atoms with Crippen LogP contribution in [0.15, 0.2) is 12.2 Å². The van der Waals surface area contributed by atoms with Crippen molar-refractivity contribution in [3.05, 3.63) is 12.2 Å². The minimum atomic E-state index is -1.79. The Bertz CT molecular complexity index is 233. The van der Waals surface area contributed by atoms with Crippen LogP contribution in [0.4, 0.5) is 0 Å². The summed E-state index contributed by atoms with van der Waals surface area (Å²) < 4.78 is 5.08. The first-order valence-electron chi connectivity index (χ1n) is 5.36. The van der Waals surface area contributed by atoms with Crippen LogP contribution in [-0.2, 0) is 14.3 Å².